The molecule has 2 amide bonds. The standard InChI is InChI=1S/C27H35Cl2N3O4/c1-15(2)10-23(31-26(33)18(6)36-24-9-8-20(28)13-22(24)29)27(34)32-30-14-19-12-21(16(3)4)25(35-7)11-17(19)5/h8-9,11-16,18,23H,10H2,1-7H3,(H,31,33)(H,32,34)/b30-14-/t18-,23-/m0/s1. The van der Waals surface area contributed by atoms with Crippen LogP contribution in [0.2, 0.25) is 10.0 Å². The summed E-state index contributed by atoms with van der Waals surface area (Å²) in [6.45, 7) is 11.6. The van der Waals surface area contributed by atoms with Crippen LogP contribution in [0.1, 0.15) is 63.6 Å². The van der Waals surface area contributed by atoms with Crippen LogP contribution in [-0.2, 0) is 9.59 Å². The zero-order valence-corrected chi connectivity index (χ0v) is 23.3. The Hall–Kier alpha value is -2.77. The Morgan fingerprint density at radius 1 is 1.03 bits per heavy atom. The first kappa shape index (κ1) is 29.5. The number of methoxy groups -OCH3 is 1. The Morgan fingerprint density at radius 3 is 2.31 bits per heavy atom. The molecule has 0 unspecified atom stereocenters. The number of hydrazone groups is 1. The molecule has 7 nitrogen and oxygen atoms in total. The van der Waals surface area contributed by atoms with E-state index in [4.69, 9.17) is 32.7 Å². The van der Waals surface area contributed by atoms with Crippen molar-refractivity contribution in [3.63, 3.8) is 0 Å². The average Bonchev–Trinajstić information content (AvgIpc) is 2.80. The van der Waals surface area contributed by atoms with E-state index in [-0.39, 0.29) is 11.8 Å². The van der Waals surface area contributed by atoms with Crippen LogP contribution in [-0.4, -0.2) is 37.3 Å². The number of nitrogens with zero attached hydrogens (tertiary/aromatic N) is 1. The fourth-order valence-electron chi connectivity index (χ4n) is 3.53. The van der Waals surface area contributed by atoms with E-state index in [1.54, 1.807) is 32.4 Å². The van der Waals surface area contributed by atoms with Crippen molar-refractivity contribution in [2.45, 2.75) is 66.0 Å². The number of rotatable bonds is 11. The summed E-state index contributed by atoms with van der Waals surface area (Å²) in [6.07, 6.45) is 1.15. The molecule has 0 aromatic heterocycles. The van der Waals surface area contributed by atoms with Crippen molar-refractivity contribution in [2.24, 2.45) is 11.0 Å². The molecule has 0 spiro atoms. The summed E-state index contributed by atoms with van der Waals surface area (Å²) in [6, 6.07) is 7.91. The van der Waals surface area contributed by atoms with Gasteiger partial charge in [0.25, 0.3) is 11.8 Å². The van der Waals surface area contributed by atoms with Gasteiger partial charge >= 0.3 is 0 Å². The van der Waals surface area contributed by atoms with Gasteiger partial charge in [0.1, 0.15) is 17.5 Å². The van der Waals surface area contributed by atoms with Crippen molar-refractivity contribution in [1.29, 1.82) is 0 Å². The number of ether oxygens (including phenoxy) is 2. The Balaban J connectivity index is 2.09. The molecule has 0 radical (unpaired) electrons. The topological polar surface area (TPSA) is 89.0 Å². The van der Waals surface area contributed by atoms with E-state index in [1.807, 2.05) is 32.9 Å². The average molecular weight is 537 g/mol. The van der Waals surface area contributed by atoms with Crippen LogP contribution < -0.4 is 20.2 Å². The molecule has 2 N–H and O–H groups in total. The maximum Gasteiger partial charge on any atom is 0.262 e. The van der Waals surface area contributed by atoms with Gasteiger partial charge in [0, 0.05) is 5.02 Å². The number of carbonyl (C=O) groups excluding carboxylic acids is 2. The molecule has 36 heavy (non-hydrogen) atoms. The van der Waals surface area contributed by atoms with Crippen LogP contribution in [0.25, 0.3) is 0 Å². The molecular weight excluding hydrogens is 501 g/mol. The van der Waals surface area contributed by atoms with E-state index in [2.05, 4.69) is 29.7 Å². The summed E-state index contributed by atoms with van der Waals surface area (Å²) < 4.78 is 11.2. The van der Waals surface area contributed by atoms with Gasteiger partial charge in [-0.3, -0.25) is 9.59 Å². The summed E-state index contributed by atoms with van der Waals surface area (Å²) in [5.74, 6) is 0.705. The highest BCUT2D eigenvalue weighted by Gasteiger charge is 2.25. The molecule has 0 aliphatic rings. The molecule has 0 bridgehead atoms. The van der Waals surface area contributed by atoms with Crippen molar-refractivity contribution in [2.75, 3.05) is 7.11 Å². The summed E-state index contributed by atoms with van der Waals surface area (Å²) in [5, 5.41) is 7.67. The molecule has 2 aromatic carbocycles. The lowest BCUT2D eigenvalue weighted by Gasteiger charge is -2.22. The van der Waals surface area contributed by atoms with Crippen LogP contribution in [0.5, 0.6) is 11.5 Å². The second-order valence-electron chi connectivity index (χ2n) is 9.37. The molecule has 196 valence electrons. The first-order chi connectivity index (χ1) is 16.9. The molecule has 0 saturated heterocycles. The highest BCUT2D eigenvalue weighted by atomic mass is 35.5. The number of benzene rings is 2. The minimum atomic E-state index is -0.883. The molecular formula is C27H35Cl2N3O4. The zero-order chi connectivity index (χ0) is 27.0. The third kappa shape index (κ3) is 8.42. The van der Waals surface area contributed by atoms with Gasteiger partial charge in [-0.1, -0.05) is 50.9 Å². The molecule has 0 saturated carbocycles. The summed E-state index contributed by atoms with van der Waals surface area (Å²) in [5.41, 5.74) is 5.44. The predicted molar refractivity (Wildman–Crippen MR) is 145 cm³/mol. The van der Waals surface area contributed by atoms with E-state index >= 15 is 0 Å². The van der Waals surface area contributed by atoms with Crippen molar-refractivity contribution < 1.29 is 19.1 Å². The Morgan fingerprint density at radius 2 is 1.72 bits per heavy atom. The quantitative estimate of drug-likeness (QED) is 0.277. The number of hydrogen-bond acceptors (Lipinski definition) is 5. The van der Waals surface area contributed by atoms with E-state index in [0.29, 0.717) is 22.2 Å². The largest absolute Gasteiger partial charge is 0.496 e. The highest BCUT2D eigenvalue weighted by molar-refractivity contribution is 6.35. The number of nitrogens with one attached hydrogen (secondary N) is 2. The first-order valence-corrected chi connectivity index (χ1v) is 12.6. The second kappa shape index (κ2) is 13.5. The van der Waals surface area contributed by atoms with E-state index in [0.717, 1.165) is 22.4 Å². The lowest BCUT2D eigenvalue weighted by atomic mass is 9.97. The van der Waals surface area contributed by atoms with Gasteiger partial charge in [0.2, 0.25) is 0 Å². The molecule has 2 rings (SSSR count). The van der Waals surface area contributed by atoms with Crippen molar-refractivity contribution in [3.05, 3.63) is 57.1 Å². The summed E-state index contributed by atoms with van der Waals surface area (Å²) in [7, 11) is 1.65. The maximum absolute atomic E-state index is 12.9. The Labute approximate surface area is 223 Å². The molecule has 2 atom stereocenters. The second-order valence-corrected chi connectivity index (χ2v) is 10.2. The molecule has 0 aliphatic carbocycles. The Kier molecular flexibility index (Phi) is 11.1. The lowest BCUT2D eigenvalue weighted by Crippen LogP contribution is -2.49. The van der Waals surface area contributed by atoms with Gasteiger partial charge in [-0.25, -0.2) is 5.43 Å². The zero-order valence-electron chi connectivity index (χ0n) is 21.8. The van der Waals surface area contributed by atoms with Gasteiger partial charge in [-0.15, -0.1) is 0 Å². The molecule has 0 fully saturated rings. The minimum Gasteiger partial charge on any atom is -0.496 e. The summed E-state index contributed by atoms with van der Waals surface area (Å²) in [4.78, 5) is 25.7. The number of aryl methyl sites for hydroxylation is 1. The van der Waals surface area contributed by atoms with Gasteiger partial charge in [0.05, 0.1) is 18.3 Å². The molecule has 0 heterocycles. The summed E-state index contributed by atoms with van der Waals surface area (Å²) >= 11 is 12.0. The third-order valence-corrected chi connectivity index (χ3v) is 6.06. The number of amides is 2. The number of hydrogen-bond donors (Lipinski definition) is 2. The number of carbonyl (C=O) groups is 2. The van der Waals surface area contributed by atoms with Crippen LogP contribution in [0.3, 0.4) is 0 Å². The SMILES string of the molecule is COc1cc(C)c(/C=N\NC(=O)[C@H](CC(C)C)NC(=O)[C@H](C)Oc2ccc(Cl)cc2Cl)cc1C(C)C. The smallest absolute Gasteiger partial charge is 0.262 e. The van der Waals surface area contributed by atoms with Crippen LogP contribution in [0.15, 0.2) is 35.4 Å². The third-order valence-electron chi connectivity index (χ3n) is 5.53. The normalized spacial score (nSPS) is 13.1. The van der Waals surface area contributed by atoms with Gasteiger partial charge in [-0.2, -0.15) is 5.10 Å². The van der Waals surface area contributed by atoms with E-state index in [9.17, 15) is 9.59 Å². The first-order valence-electron chi connectivity index (χ1n) is 11.9. The van der Waals surface area contributed by atoms with Crippen molar-refractivity contribution >= 4 is 41.2 Å². The van der Waals surface area contributed by atoms with Crippen LogP contribution in [0, 0.1) is 12.8 Å². The fraction of sp³-hybridized carbons (Fsp3) is 0.444. The molecule has 2 aromatic rings. The minimum absolute atomic E-state index is 0.157. The monoisotopic (exact) mass is 535 g/mol. The molecule has 0 aliphatic heterocycles. The Bertz CT molecular complexity index is 1100. The molecule has 9 heteroatoms. The van der Waals surface area contributed by atoms with Gasteiger partial charge < -0.3 is 14.8 Å². The van der Waals surface area contributed by atoms with Crippen molar-refractivity contribution in [3.8, 4) is 11.5 Å². The highest BCUT2D eigenvalue weighted by Crippen LogP contribution is 2.29. The van der Waals surface area contributed by atoms with Crippen LogP contribution >= 0.6 is 23.2 Å². The van der Waals surface area contributed by atoms with Crippen molar-refractivity contribution in [1.82, 2.24) is 10.7 Å². The predicted octanol–water partition coefficient (Wildman–Crippen LogP) is 5.88. The van der Waals surface area contributed by atoms with Gasteiger partial charge in [0.15, 0.2) is 6.10 Å². The maximum atomic E-state index is 12.9. The lowest BCUT2D eigenvalue weighted by molar-refractivity contribution is -0.132. The van der Waals surface area contributed by atoms with E-state index in [1.165, 1.54) is 6.07 Å². The van der Waals surface area contributed by atoms with Gasteiger partial charge in [-0.05, 0) is 79.1 Å². The van der Waals surface area contributed by atoms with E-state index < -0.39 is 24.0 Å². The van der Waals surface area contributed by atoms with Crippen LogP contribution in [0.4, 0.5) is 0 Å². The number of halogens is 2. The fourth-order valence-corrected chi connectivity index (χ4v) is 3.99.